The Morgan fingerprint density at radius 3 is 2.67 bits per heavy atom. The predicted molar refractivity (Wildman–Crippen MR) is 67.1 cm³/mol. The summed E-state index contributed by atoms with van der Waals surface area (Å²) in [6, 6.07) is 3.91. The average Bonchev–Trinajstić information content (AvgIpc) is 2.35. The second-order valence-corrected chi connectivity index (χ2v) is 5.04. The van der Waals surface area contributed by atoms with E-state index in [9.17, 15) is 14.3 Å². The summed E-state index contributed by atoms with van der Waals surface area (Å²) in [6.45, 7) is 0. The second-order valence-electron chi connectivity index (χ2n) is 4.60. The number of hydrogen-bond acceptors (Lipinski definition) is 2. The molecule has 0 spiro atoms. The molecule has 2 N–H and O–H groups in total. The highest BCUT2D eigenvalue weighted by Crippen LogP contribution is 2.20. The number of benzene rings is 1. The summed E-state index contributed by atoms with van der Waals surface area (Å²) in [5, 5.41) is 12.5. The van der Waals surface area contributed by atoms with E-state index in [0.717, 1.165) is 12.8 Å². The van der Waals surface area contributed by atoms with Crippen LogP contribution in [0.15, 0.2) is 18.2 Å². The van der Waals surface area contributed by atoms with E-state index in [4.69, 9.17) is 11.6 Å². The standard InChI is InChI=1S/C13H15ClFNO2/c14-8-1-6-12(15)11(7-8)13(18)16-9-2-4-10(17)5-3-9/h1,6-7,9-10,17H,2-5H2,(H,16,18). The zero-order chi connectivity index (χ0) is 13.1. The number of halogens is 2. The Morgan fingerprint density at radius 2 is 2.00 bits per heavy atom. The Morgan fingerprint density at radius 1 is 1.33 bits per heavy atom. The minimum atomic E-state index is -0.576. The van der Waals surface area contributed by atoms with E-state index < -0.39 is 11.7 Å². The lowest BCUT2D eigenvalue weighted by atomic mass is 9.93. The number of amides is 1. The van der Waals surface area contributed by atoms with Crippen LogP contribution >= 0.6 is 11.6 Å². The van der Waals surface area contributed by atoms with Gasteiger partial charge in [-0.3, -0.25) is 4.79 Å². The van der Waals surface area contributed by atoms with Crippen molar-refractivity contribution in [1.29, 1.82) is 0 Å². The minimum absolute atomic E-state index is 0.000665. The maximum absolute atomic E-state index is 13.5. The first kappa shape index (κ1) is 13.3. The fourth-order valence-corrected chi connectivity index (χ4v) is 2.33. The molecule has 0 aliphatic heterocycles. The fourth-order valence-electron chi connectivity index (χ4n) is 2.15. The van der Waals surface area contributed by atoms with Crippen molar-refractivity contribution in [3.63, 3.8) is 0 Å². The number of rotatable bonds is 2. The lowest BCUT2D eigenvalue weighted by Crippen LogP contribution is -2.38. The SMILES string of the molecule is O=C(NC1CCC(O)CC1)c1cc(Cl)ccc1F. The van der Waals surface area contributed by atoms with Gasteiger partial charge in [-0.1, -0.05) is 11.6 Å². The van der Waals surface area contributed by atoms with Crippen molar-refractivity contribution in [2.45, 2.75) is 37.8 Å². The Balaban J connectivity index is 2.01. The van der Waals surface area contributed by atoms with Crippen LogP contribution < -0.4 is 5.32 Å². The molecule has 0 heterocycles. The van der Waals surface area contributed by atoms with Crippen molar-refractivity contribution in [1.82, 2.24) is 5.32 Å². The normalized spacial score (nSPS) is 23.7. The molecule has 0 unspecified atom stereocenters. The molecule has 18 heavy (non-hydrogen) atoms. The van der Waals surface area contributed by atoms with Crippen LogP contribution in [-0.4, -0.2) is 23.2 Å². The molecule has 1 aromatic rings. The largest absolute Gasteiger partial charge is 0.393 e. The third-order valence-corrected chi connectivity index (χ3v) is 3.44. The maximum atomic E-state index is 13.5. The van der Waals surface area contributed by atoms with Crippen LogP contribution in [0.3, 0.4) is 0 Å². The van der Waals surface area contributed by atoms with Crippen molar-refractivity contribution in [3.05, 3.63) is 34.6 Å². The molecule has 0 saturated heterocycles. The minimum Gasteiger partial charge on any atom is -0.393 e. The highest BCUT2D eigenvalue weighted by atomic mass is 35.5. The third-order valence-electron chi connectivity index (χ3n) is 3.20. The van der Waals surface area contributed by atoms with E-state index in [0.29, 0.717) is 17.9 Å². The van der Waals surface area contributed by atoms with E-state index in [1.807, 2.05) is 0 Å². The van der Waals surface area contributed by atoms with Gasteiger partial charge in [-0.25, -0.2) is 4.39 Å². The van der Waals surface area contributed by atoms with Crippen molar-refractivity contribution in [2.75, 3.05) is 0 Å². The molecular formula is C13H15ClFNO2. The van der Waals surface area contributed by atoms with Gasteiger partial charge in [-0.15, -0.1) is 0 Å². The lowest BCUT2D eigenvalue weighted by Gasteiger charge is -2.26. The molecule has 1 saturated carbocycles. The number of carbonyl (C=O) groups is 1. The summed E-state index contributed by atoms with van der Waals surface area (Å²) in [5.74, 6) is -1.02. The van der Waals surface area contributed by atoms with Gasteiger partial charge in [0.1, 0.15) is 5.82 Å². The molecular weight excluding hydrogens is 257 g/mol. The zero-order valence-electron chi connectivity index (χ0n) is 9.83. The highest BCUT2D eigenvalue weighted by molar-refractivity contribution is 6.31. The molecule has 0 radical (unpaired) electrons. The van der Waals surface area contributed by atoms with E-state index in [1.165, 1.54) is 18.2 Å². The molecule has 1 fully saturated rings. The van der Waals surface area contributed by atoms with Gasteiger partial charge in [0.15, 0.2) is 0 Å². The Hall–Kier alpha value is -1.13. The molecule has 1 aliphatic rings. The molecule has 3 nitrogen and oxygen atoms in total. The predicted octanol–water partition coefficient (Wildman–Crippen LogP) is 2.51. The van der Waals surface area contributed by atoms with E-state index in [2.05, 4.69) is 5.32 Å². The van der Waals surface area contributed by atoms with E-state index in [1.54, 1.807) is 0 Å². The smallest absolute Gasteiger partial charge is 0.254 e. The molecule has 0 aromatic heterocycles. The van der Waals surface area contributed by atoms with Gasteiger partial charge >= 0.3 is 0 Å². The summed E-state index contributed by atoms with van der Waals surface area (Å²) < 4.78 is 13.5. The van der Waals surface area contributed by atoms with Crippen LogP contribution in [0.1, 0.15) is 36.0 Å². The highest BCUT2D eigenvalue weighted by Gasteiger charge is 2.22. The molecule has 5 heteroatoms. The number of aliphatic hydroxyl groups excluding tert-OH is 1. The van der Waals surface area contributed by atoms with Crippen molar-refractivity contribution >= 4 is 17.5 Å². The van der Waals surface area contributed by atoms with Gasteiger partial charge in [0.05, 0.1) is 11.7 Å². The van der Waals surface area contributed by atoms with Crippen LogP contribution in [0.5, 0.6) is 0 Å². The molecule has 0 atom stereocenters. The third kappa shape index (κ3) is 3.21. The first-order valence-corrected chi connectivity index (χ1v) is 6.38. The van der Waals surface area contributed by atoms with Crippen LogP contribution in [0.4, 0.5) is 4.39 Å². The zero-order valence-corrected chi connectivity index (χ0v) is 10.6. The topological polar surface area (TPSA) is 49.3 Å². The van der Waals surface area contributed by atoms with Crippen LogP contribution in [0.25, 0.3) is 0 Å². The Kier molecular flexibility index (Phi) is 4.19. The van der Waals surface area contributed by atoms with Gasteiger partial charge in [0.25, 0.3) is 5.91 Å². The summed E-state index contributed by atoms with van der Waals surface area (Å²) in [6.07, 6.45) is 2.50. The van der Waals surface area contributed by atoms with Crippen molar-refractivity contribution < 1.29 is 14.3 Å². The van der Waals surface area contributed by atoms with E-state index >= 15 is 0 Å². The van der Waals surface area contributed by atoms with Gasteiger partial charge in [0, 0.05) is 11.1 Å². The quantitative estimate of drug-likeness (QED) is 0.868. The number of aliphatic hydroxyl groups is 1. The summed E-state index contributed by atoms with van der Waals surface area (Å²) >= 11 is 5.74. The Labute approximate surface area is 110 Å². The van der Waals surface area contributed by atoms with Crippen LogP contribution in [-0.2, 0) is 0 Å². The van der Waals surface area contributed by atoms with Crippen LogP contribution in [0.2, 0.25) is 5.02 Å². The molecule has 1 aromatic carbocycles. The van der Waals surface area contributed by atoms with Gasteiger partial charge in [-0.05, 0) is 43.9 Å². The summed E-state index contributed by atoms with van der Waals surface area (Å²) in [4.78, 5) is 11.9. The van der Waals surface area contributed by atoms with E-state index in [-0.39, 0.29) is 17.7 Å². The van der Waals surface area contributed by atoms with Crippen molar-refractivity contribution in [2.24, 2.45) is 0 Å². The number of carbonyl (C=O) groups excluding carboxylic acids is 1. The number of nitrogens with one attached hydrogen (secondary N) is 1. The Bertz CT molecular complexity index is 445. The molecule has 1 aliphatic carbocycles. The first-order valence-electron chi connectivity index (χ1n) is 6.00. The molecule has 0 bridgehead atoms. The van der Waals surface area contributed by atoms with Gasteiger partial charge in [-0.2, -0.15) is 0 Å². The fraction of sp³-hybridized carbons (Fsp3) is 0.462. The second kappa shape index (κ2) is 5.67. The molecule has 2 rings (SSSR count). The maximum Gasteiger partial charge on any atom is 0.254 e. The van der Waals surface area contributed by atoms with Crippen LogP contribution in [0, 0.1) is 5.82 Å². The monoisotopic (exact) mass is 271 g/mol. The first-order chi connectivity index (χ1) is 8.56. The van der Waals surface area contributed by atoms with Gasteiger partial charge < -0.3 is 10.4 Å². The molecule has 1 amide bonds. The number of hydrogen-bond donors (Lipinski definition) is 2. The molecule has 98 valence electrons. The van der Waals surface area contributed by atoms with Gasteiger partial charge in [0.2, 0.25) is 0 Å². The summed E-state index contributed by atoms with van der Waals surface area (Å²) in [7, 11) is 0. The lowest BCUT2D eigenvalue weighted by molar-refractivity contribution is 0.0864. The summed E-state index contributed by atoms with van der Waals surface area (Å²) in [5.41, 5.74) is -0.0337. The van der Waals surface area contributed by atoms with Crippen molar-refractivity contribution in [3.8, 4) is 0 Å². The average molecular weight is 272 g/mol.